The summed E-state index contributed by atoms with van der Waals surface area (Å²) < 4.78 is 5.36. The molecule has 96 valence electrons. The SMILES string of the molecule is OC[C@H]1OC(c2nc3ncncc3[nH]2)[C@H](O)[C@@H]1O. The lowest BCUT2D eigenvalue weighted by Crippen LogP contribution is -2.32. The number of nitrogens with zero attached hydrogens (tertiary/aromatic N) is 3. The number of nitrogens with one attached hydrogen (secondary N) is 1. The zero-order valence-electron chi connectivity index (χ0n) is 9.26. The van der Waals surface area contributed by atoms with Crippen molar-refractivity contribution in [1.82, 2.24) is 19.9 Å². The fourth-order valence-corrected chi connectivity index (χ4v) is 2.04. The standard InChI is InChI=1S/C10H12N4O4/c15-2-5-6(16)7(17)8(18-5)10-13-4-1-11-3-12-9(4)14-10/h1,3,5-8,15-17H,2H2,(H,11,12,13,14)/t5-,6-,7-,8?/m1/s1. The van der Waals surface area contributed by atoms with Crippen LogP contribution in [0.4, 0.5) is 0 Å². The van der Waals surface area contributed by atoms with Crippen molar-refractivity contribution in [2.24, 2.45) is 0 Å². The number of fused-ring (bicyclic) bond motifs is 1. The van der Waals surface area contributed by atoms with Crippen molar-refractivity contribution in [3.8, 4) is 0 Å². The molecule has 0 aromatic carbocycles. The van der Waals surface area contributed by atoms with E-state index in [1.54, 1.807) is 6.20 Å². The number of ether oxygens (including phenoxy) is 1. The van der Waals surface area contributed by atoms with Crippen LogP contribution in [0.15, 0.2) is 12.5 Å². The number of hydrogen-bond acceptors (Lipinski definition) is 7. The van der Waals surface area contributed by atoms with Crippen LogP contribution in [0.5, 0.6) is 0 Å². The fraction of sp³-hybridized carbons (Fsp3) is 0.500. The van der Waals surface area contributed by atoms with E-state index in [2.05, 4.69) is 19.9 Å². The zero-order valence-corrected chi connectivity index (χ0v) is 9.26. The largest absolute Gasteiger partial charge is 0.394 e. The molecule has 3 heterocycles. The average Bonchev–Trinajstić information content (AvgIpc) is 2.92. The second kappa shape index (κ2) is 4.25. The van der Waals surface area contributed by atoms with Crippen molar-refractivity contribution in [3.63, 3.8) is 0 Å². The van der Waals surface area contributed by atoms with E-state index >= 15 is 0 Å². The molecule has 0 saturated carbocycles. The number of hydrogen-bond donors (Lipinski definition) is 4. The number of aromatic nitrogens is 4. The van der Waals surface area contributed by atoms with Gasteiger partial charge >= 0.3 is 0 Å². The topological polar surface area (TPSA) is 124 Å². The maximum absolute atomic E-state index is 9.86. The van der Waals surface area contributed by atoms with Crippen molar-refractivity contribution >= 4 is 11.2 Å². The number of H-pyrrole nitrogens is 1. The Balaban J connectivity index is 1.95. The molecule has 0 spiro atoms. The molecule has 8 nitrogen and oxygen atoms in total. The van der Waals surface area contributed by atoms with Crippen LogP contribution in [0.2, 0.25) is 0 Å². The molecule has 0 bridgehead atoms. The third-order valence-corrected chi connectivity index (χ3v) is 2.99. The highest BCUT2D eigenvalue weighted by Gasteiger charge is 2.44. The Kier molecular flexibility index (Phi) is 2.71. The van der Waals surface area contributed by atoms with Crippen LogP contribution in [0.3, 0.4) is 0 Å². The molecule has 4 atom stereocenters. The first-order chi connectivity index (χ1) is 8.70. The molecule has 0 aliphatic carbocycles. The van der Waals surface area contributed by atoms with Gasteiger partial charge < -0.3 is 25.0 Å². The lowest BCUT2D eigenvalue weighted by atomic mass is 10.1. The Morgan fingerprint density at radius 3 is 2.83 bits per heavy atom. The number of aliphatic hydroxyl groups excluding tert-OH is 3. The Hall–Kier alpha value is -1.61. The molecule has 1 aliphatic heterocycles. The van der Waals surface area contributed by atoms with E-state index in [1.807, 2.05) is 0 Å². The molecule has 1 saturated heterocycles. The molecule has 3 rings (SSSR count). The van der Waals surface area contributed by atoms with Gasteiger partial charge in [0.2, 0.25) is 0 Å². The van der Waals surface area contributed by atoms with Gasteiger partial charge in [-0.25, -0.2) is 15.0 Å². The van der Waals surface area contributed by atoms with Crippen LogP contribution in [0.25, 0.3) is 11.2 Å². The molecule has 0 radical (unpaired) electrons. The lowest BCUT2D eigenvalue weighted by Gasteiger charge is -2.11. The first-order valence-electron chi connectivity index (χ1n) is 5.49. The third-order valence-electron chi connectivity index (χ3n) is 2.99. The smallest absolute Gasteiger partial charge is 0.180 e. The second-order valence-electron chi connectivity index (χ2n) is 4.14. The van der Waals surface area contributed by atoms with Gasteiger partial charge in [0.05, 0.1) is 12.8 Å². The summed E-state index contributed by atoms with van der Waals surface area (Å²) in [7, 11) is 0. The minimum Gasteiger partial charge on any atom is -0.394 e. The van der Waals surface area contributed by atoms with E-state index in [1.165, 1.54) is 6.33 Å². The van der Waals surface area contributed by atoms with Crippen molar-refractivity contribution in [2.75, 3.05) is 6.61 Å². The van der Waals surface area contributed by atoms with Gasteiger partial charge in [-0.3, -0.25) is 0 Å². The quantitative estimate of drug-likeness (QED) is 0.513. The van der Waals surface area contributed by atoms with Crippen LogP contribution in [0.1, 0.15) is 11.9 Å². The summed E-state index contributed by atoms with van der Waals surface area (Å²) in [4.78, 5) is 14.9. The van der Waals surface area contributed by atoms with Crippen LogP contribution in [0, 0.1) is 0 Å². The molecule has 2 aromatic rings. The summed E-state index contributed by atoms with van der Waals surface area (Å²) in [5, 5.41) is 28.5. The molecule has 4 N–H and O–H groups in total. The van der Waals surface area contributed by atoms with E-state index < -0.39 is 24.4 Å². The molecular formula is C10H12N4O4. The Bertz CT molecular complexity index is 527. The summed E-state index contributed by atoms with van der Waals surface area (Å²) in [6.07, 6.45) is -0.990. The van der Waals surface area contributed by atoms with Crippen LogP contribution < -0.4 is 0 Å². The summed E-state index contributed by atoms with van der Waals surface area (Å²) >= 11 is 0. The minimum absolute atomic E-state index is 0.355. The average molecular weight is 252 g/mol. The van der Waals surface area contributed by atoms with Crippen molar-refractivity contribution in [2.45, 2.75) is 24.4 Å². The van der Waals surface area contributed by atoms with Crippen LogP contribution >= 0.6 is 0 Å². The molecule has 1 fully saturated rings. The minimum atomic E-state index is -1.14. The van der Waals surface area contributed by atoms with E-state index in [0.29, 0.717) is 17.0 Å². The second-order valence-corrected chi connectivity index (χ2v) is 4.14. The monoisotopic (exact) mass is 252 g/mol. The number of aromatic amines is 1. The molecule has 2 aromatic heterocycles. The van der Waals surface area contributed by atoms with Crippen LogP contribution in [-0.2, 0) is 4.74 Å². The maximum atomic E-state index is 9.86. The molecule has 8 heteroatoms. The van der Waals surface area contributed by atoms with Gasteiger partial charge in [-0.1, -0.05) is 0 Å². The van der Waals surface area contributed by atoms with Crippen molar-refractivity contribution in [1.29, 1.82) is 0 Å². The van der Waals surface area contributed by atoms with E-state index in [9.17, 15) is 10.2 Å². The molecule has 1 unspecified atom stereocenters. The van der Waals surface area contributed by atoms with E-state index in [-0.39, 0.29) is 6.61 Å². The molecule has 18 heavy (non-hydrogen) atoms. The predicted octanol–water partition coefficient (Wildman–Crippen LogP) is -1.49. The van der Waals surface area contributed by atoms with Gasteiger partial charge in [-0.2, -0.15) is 0 Å². The summed E-state index contributed by atoms with van der Waals surface area (Å²) in [5.41, 5.74) is 1.07. The summed E-state index contributed by atoms with van der Waals surface area (Å²) in [6, 6.07) is 0. The van der Waals surface area contributed by atoms with Crippen LogP contribution in [-0.4, -0.2) is 60.2 Å². The molecular weight excluding hydrogens is 240 g/mol. The summed E-state index contributed by atoms with van der Waals surface area (Å²) in [6.45, 7) is -0.366. The first kappa shape index (κ1) is 11.5. The van der Waals surface area contributed by atoms with Gasteiger partial charge in [-0.05, 0) is 0 Å². The van der Waals surface area contributed by atoms with Crippen molar-refractivity contribution in [3.05, 3.63) is 18.3 Å². The number of aliphatic hydroxyl groups is 3. The Morgan fingerprint density at radius 1 is 1.33 bits per heavy atom. The summed E-state index contributed by atoms with van der Waals surface area (Å²) in [5.74, 6) is 0.355. The van der Waals surface area contributed by atoms with Gasteiger partial charge in [0, 0.05) is 0 Å². The number of rotatable bonds is 2. The lowest BCUT2D eigenvalue weighted by molar-refractivity contribution is -0.0249. The van der Waals surface area contributed by atoms with Gasteiger partial charge in [0.1, 0.15) is 42.1 Å². The highest BCUT2D eigenvalue weighted by Crippen LogP contribution is 2.32. The van der Waals surface area contributed by atoms with Gasteiger partial charge in [0.25, 0.3) is 0 Å². The first-order valence-corrected chi connectivity index (χ1v) is 5.49. The predicted molar refractivity (Wildman–Crippen MR) is 58.4 cm³/mol. The highest BCUT2D eigenvalue weighted by molar-refractivity contribution is 5.68. The van der Waals surface area contributed by atoms with Crippen molar-refractivity contribution < 1.29 is 20.1 Å². The zero-order chi connectivity index (χ0) is 12.7. The van der Waals surface area contributed by atoms with Gasteiger partial charge in [-0.15, -0.1) is 0 Å². The third kappa shape index (κ3) is 1.66. The highest BCUT2D eigenvalue weighted by atomic mass is 16.6. The molecule has 1 aliphatic rings. The van der Waals surface area contributed by atoms with E-state index in [4.69, 9.17) is 9.84 Å². The Morgan fingerprint density at radius 2 is 2.17 bits per heavy atom. The fourth-order valence-electron chi connectivity index (χ4n) is 2.04. The normalized spacial score (nSPS) is 32.2. The maximum Gasteiger partial charge on any atom is 0.180 e. The van der Waals surface area contributed by atoms with E-state index in [0.717, 1.165) is 0 Å². The molecule has 0 amide bonds. The Labute approximate surface area is 101 Å². The van der Waals surface area contributed by atoms with Gasteiger partial charge in [0.15, 0.2) is 5.65 Å². The number of imidazole rings is 1.